The summed E-state index contributed by atoms with van der Waals surface area (Å²) >= 11 is 0. The van der Waals surface area contributed by atoms with Gasteiger partial charge in [0.05, 0.1) is 12.1 Å². The highest BCUT2D eigenvalue weighted by atomic mass is 19.1. The van der Waals surface area contributed by atoms with Crippen LogP contribution in [0.3, 0.4) is 0 Å². The lowest BCUT2D eigenvalue weighted by Gasteiger charge is -2.26. The first-order chi connectivity index (χ1) is 14.1. The molecule has 0 saturated carbocycles. The average Bonchev–Trinajstić information content (AvgIpc) is 3.15. The number of benzene rings is 1. The van der Waals surface area contributed by atoms with Crippen molar-refractivity contribution in [1.82, 2.24) is 10.4 Å². The number of amidine groups is 1. The molecular weight excluding hydrogens is 378 g/mol. The molecule has 2 aliphatic rings. The van der Waals surface area contributed by atoms with E-state index in [1.807, 2.05) is 6.07 Å². The Labute approximate surface area is 164 Å². The van der Waals surface area contributed by atoms with Gasteiger partial charge in [0, 0.05) is 24.4 Å². The fourth-order valence-electron chi connectivity index (χ4n) is 2.86. The molecule has 1 unspecified atom stereocenters. The summed E-state index contributed by atoms with van der Waals surface area (Å²) < 4.78 is 27.2. The number of rotatable bonds is 6. The Morgan fingerprint density at radius 1 is 1.14 bits per heavy atom. The van der Waals surface area contributed by atoms with E-state index in [9.17, 15) is 8.78 Å². The Hall–Kier alpha value is -3.81. The number of hydrogen-bond donors (Lipinski definition) is 2. The van der Waals surface area contributed by atoms with Crippen molar-refractivity contribution in [3.8, 4) is 6.07 Å². The number of pyridine rings is 1. The standard InChI is InChI=1S/C19H15F2N8/c20-14-2-3-15(16(21)7-14)17-11-29(19(10-24-17)26-12-28-29)27-6-5-23-18-4-1-13(8-22)9-25-18/h1-4,7,9-12,27H,5-6H2,(H,23,25)/q+1. The summed E-state index contributed by atoms with van der Waals surface area (Å²) in [6.45, 7) is 0.967. The van der Waals surface area contributed by atoms with Crippen LogP contribution in [0.4, 0.5) is 14.6 Å². The van der Waals surface area contributed by atoms with Crippen LogP contribution >= 0.6 is 0 Å². The van der Waals surface area contributed by atoms with Gasteiger partial charge in [-0.2, -0.15) is 10.3 Å². The minimum atomic E-state index is -0.705. The van der Waals surface area contributed by atoms with Crippen LogP contribution in [0.25, 0.3) is 5.70 Å². The number of anilines is 1. The highest BCUT2D eigenvalue weighted by Gasteiger charge is 2.39. The zero-order valence-corrected chi connectivity index (χ0v) is 15.0. The van der Waals surface area contributed by atoms with Gasteiger partial charge in [-0.3, -0.25) is 0 Å². The molecule has 0 spiro atoms. The second-order valence-electron chi connectivity index (χ2n) is 6.18. The predicted molar refractivity (Wildman–Crippen MR) is 104 cm³/mol. The molecule has 0 aliphatic carbocycles. The van der Waals surface area contributed by atoms with E-state index in [1.165, 1.54) is 30.9 Å². The molecule has 0 radical (unpaired) electrons. The Morgan fingerprint density at radius 2 is 2.03 bits per heavy atom. The van der Waals surface area contributed by atoms with Crippen LogP contribution in [0.5, 0.6) is 0 Å². The smallest absolute Gasteiger partial charge is 0.299 e. The summed E-state index contributed by atoms with van der Waals surface area (Å²) in [5.74, 6) is -0.205. The van der Waals surface area contributed by atoms with E-state index in [1.54, 1.807) is 18.3 Å². The molecular formula is C19H15F2N8+. The first-order valence-electron chi connectivity index (χ1n) is 8.68. The van der Waals surface area contributed by atoms with E-state index >= 15 is 0 Å². The number of nitrogens with one attached hydrogen (secondary N) is 2. The largest absolute Gasteiger partial charge is 0.369 e. The molecule has 144 valence electrons. The quantitative estimate of drug-likeness (QED) is 0.582. The van der Waals surface area contributed by atoms with Crippen LogP contribution in [-0.4, -0.2) is 41.2 Å². The summed E-state index contributed by atoms with van der Waals surface area (Å²) in [5, 5.41) is 16.3. The third-order valence-corrected chi connectivity index (χ3v) is 4.28. The predicted octanol–water partition coefficient (Wildman–Crippen LogP) is 2.40. The number of quaternary nitrogens is 1. The summed E-state index contributed by atoms with van der Waals surface area (Å²) in [6.07, 6.45) is 5.98. The summed E-state index contributed by atoms with van der Waals surface area (Å²) in [7, 11) is 0. The van der Waals surface area contributed by atoms with Gasteiger partial charge >= 0.3 is 0 Å². The van der Waals surface area contributed by atoms with E-state index in [0.717, 1.165) is 6.07 Å². The first-order valence-corrected chi connectivity index (χ1v) is 8.68. The number of aliphatic imine (C=N–C) groups is 2. The normalized spacial score (nSPS) is 19.3. The van der Waals surface area contributed by atoms with Crippen molar-refractivity contribution in [1.29, 1.82) is 5.26 Å². The number of nitrogens with zero attached hydrogens (tertiary/aromatic N) is 6. The number of halogens is 2. The summed E-state index contributed by atoms with van der Waals surface area (Å²) in [4.78, 5) is 12.5. The molecule has 8 nitrogen and oxygen atoms in total. The molecule has 0 amide bonds. The monoisotopic (exact) mass is 393 g/mol. The maximum Gasteiger partial charge on any atom is 0.299 e. The molecule has 0 fully saturated rings. The van der Waals surface area contributed by atoms with Gasteiger partial charge in [0.2, 0.25) is 0 Å². The van der Waals surface area contributed by atoms with E-state index in [2.05, 4.69) is 30.8 Å². The van der Waals surface area contributed by atoms with E-state index in [0.29, 0.717) is 36.0 Å². The summed E-state index contributed by atoms with van der Waals surface area (Å²) in [5.41, 5.74) is 4.19. The third kappa shape index (κ3) is 3.77. The lowest BCUT2D eigenvalue weighted by Crippen LogP contribution is -2.55. The van der Waals surface area contributed by atoms with Gasteiger partial charge in [0.15, 0.2) is 12.5 Å². The highest BCUT2D eigenvalue weighted by molar-refractivity contribution is 6.29. The number of aromatic nitrogens is 1. The van der Waals surface area contributed by atoms with Crippen molar-refractivity contribution in [3.05, 3.63) is 65.5 Å². The van der Waals surface area contributed by atoms with Crippen molar-refractivity contribution in [3.63, 3.8) is 0 Å². The van der Waals surface area contributed by atoms with Crippen molar-refractivity contribution < 1.29 is 13.5 Å². The minimum Gasteiger partial charge on any atom is -0.369 e. The second kappa shape index (κ2) is 7.67. The van der Waals surface area contributed by atoms with Crippen LogP contribution < -0.4 is 10.7 Å². The molecule has 3 heterocycles. The molecule has 29 heavy (non-hydrogen) atoms. The second-order valence-corrected chi connectivity index (χ2v) is 6.18. The Morgan fingerprint density at radius 3 is 2.79 bits per heavy atom. The van der Waals surface area contributed by atoms with Gasteiger partial charge in [-0.15, -0.1) is 5.43 Å². The lowest BCUT2D eigenvalue weighted by atomic mass is 10.1. The molecule has 0 saturated heterocycles. The van der Waals surface area contributed by atoms with E-state index in [4.69, 9.17) is 5.26 Å². The SMILES string of the molecule is N#Cc1ccc(NCCN[N+]23C=C(c4ccc(F)cc4F)N=CC2=NC=N3)nc1. The van der Waals surface area contributed by atoms with Crippen LogP contribution in [0, 0.1) is 23.0 Å². The van der Waals surface area contributed by atoms with E-state index in [-0.39, 0.29) is 10.3 Å². The highest BCUT2D eigenvalue weighted by Crippen LogP contribution is 2.27. The van der Waals surface area contributed by atoms with Gasteiger partial charge in [-0.05, 0) is 34.1 Å². The zero-order valence-electron chi connectivity index (χ0n) is 15.0. The Kier molecular flexibility index (Phi) is 4.90. The van der Waals surface area contributed by atoms with E-state index < -0.39 is 11.6 Å². The molecule has 2 aromatic rings. The molecule has 1 aromatic heterocycles. The molecule has 0 bridgehead atoms. The lowest BCUT2D eigenvalue weighted by molar-refractivity contribution is -0.838. The molecule has 1 aromatic carbocycles. The molecule has 1 atom stereocenters. The van der Waals surface area contributed by atoms with Crippen LogP contribution in [-0.2, 0) is 0 Å². The van der Waals surface area contributed by atoms with Crippen LogP contribution in [0.2, 0.25) is 0 Å². The first kappa shape index (κ1) is 18.5. The Balaban J connectivity index is 1.46. The van der Waals surface area contributed by atoms with Crippen molar-refractivity contribution in [2.75, 3.05) is 18.4 Å². The molecule has 4 rings (SSSR count). The van der Waals surface area contributed by atoms with Crippen molar-refractivity contribution in [2.24, 2.45) is 15.1 Å². The minimum absolute atomic E-state index is 0.169. The van der Waals surface area contributed by atoms with Gasteiger partial charge < -0.3 is 5.32 Å². The number of fused-ring (bicyclic) bond motifs is 1. The van der Waals surface area contributed by atoms with Crippen LogP contribution in [0.1, 0.15) is 11.1 Å². The van der Waals surface area contributed by atoms with Gasteiger partial charge in [-0.25, -0.2) is 18.8 Å². The summed E-state index contributed by atoms with van der Waals surface area (Å²) in [6, 6.07) is 8.73. The molecule has 2 aliphatic heterocycles. The van der Waals surface area contributed by atoms with Gasteiger partial charge in [0.1, 0.15) is 35.4 Å². The van der Waals surface area contributed by atoms with Gasteiger partial charge in [0.25, 0.3) is 5.84 Å². The topological polar surface area (TPSA) is 97.8 Å². The van der Waals surface area contributed by atoms with Crippen molar-refractivity contribution in [2.45, 2.75) is 0 Å². The fourth-order valence-corrected chi connectivity index (χ4v) is 2.86. The number of nitriles is 1. The molecule has 10 heteroatoms. The maximum absolute atomic E-state index is 14.2. The van der Waals surface area contributed by atoms with Gasteiger partial charge in [-0.1, -0.05) is 0 Å². The molecule has 2 N–H and O–H groups in total. The fraction of sp³-hybridized carbons (Fsp3) is 0.105. The maximum atomic E-state index is 14.2. The number of hydrogen-bond acceptors (Lipinski definition) is 7. The van der Waals surface area contributed by atoms with Crippen molar-refractivity contribution >= 4 is 29.9 Å². The Bertz CT molecular complexity index is 1100. The zero-order chi connectivity index (χ0) is 20.3. The third-order valence-electron chi connectivity index (χ3n) is 4.28. The average molecular weight is 393 g/mol. The van der Waals surface area contributed by atoms with Crippen LogP contribution in [0.15, 0.2) is 57.8 Å².